The third-order valence-corrected chi connectivity index (χ3v) is 4.49. The molecule has 1 aromatic carbocycles. The average molecular weight is 358 g/mol. The number of benzene rings is 1. The Balaban J connectivity index is 1.60. The number of nitrogens with one attached hydrogen (secondary N) is 1. The van der Waals surface area contributed by atoms with Crippen LogP contribution in [0.2, 0.25) is 5.02 Å². The number of rotatable bonds is 5. The van der Waals surface area contributed by atoms with E-state index in [0.29, 0.717) is 18.3 Å². The van der Waals surface area contributed by atoms with Gasteiger partial charge in [0.15, 0.2) is 0 Å². The van der Waals surface area contributed by atoms with E-state index in [1.54, 1.807) is 0 Å². The maximum atomic E-state index is 10.8. The highest BCUT2D eigenvalue weighted by Crippen LogP contribution is 2.26. The molecule has 0 saturated carbocycles. The predicted octanol–water partition coefficient (Wildman–Crippen LogP) is 3.45. The van der Waals surface area contributed by atoms with E-state index < -0.39 is 4.92 Å². The van der Waals surface area contributed by atoms with E-state index in [1.807, 2.05) is 30.3 Å². The van der Waals surface area contributed by atoms with E-state index in [9.17, 15) is 10.1 Å². The molecule has 0 spiro atoms. The number of aromatic nitrogens is 1. The van der Waals surface area contributed by atoms with Crippen LogP contribution in [0.25, 0.3) is 0 Å². The van der Waals surface area contributed by atoms with Crippen LogP contribution in [-0.4, -0.2) is 29.5 Å². The Kier molecular flexibility index (Phi) is 5.00. The van der Waals surface area contributed by atoms with Crippen LogP contribution in [0, 0.1) is 27.4 Å². The Morgan fingerprint density at radius 1 is 1.44 bits per heavy atom. The zero-order valence-electron chi connectivity index (χ0n) is 13.4. The second-order valence-electron chi connectivity index (χ2n) is 5.92. The van der Waals surface area contributed by atoms with Crippen molar-refractivity contribution in [2.75, 3.05) is 29.9 Å². The Labute approximate surface area is 150 Å². The van der Waals surface area contributed by atoms with Crippen LogP contribution < -0.4 is 10.2 Å². The number of nitrogens with zero attached hydrogens (tertiary/aromatic N) is 4. The summed E-state index contributed by atoms with van der Waals surface area (Å²) in [6.07, 6.45) is 2.18. The third kappa shape index (κ3) is 3.98. The molecule has 0 radical (unpaired) electrons. The van der Waals surface area contributed by atoms with Gasteiger partial charge in [-0.3, -0.25) is 10.1 Å². The first-order valence-electron chi connectivity index (χ1n) is 7.85. The molecule has 1 aromatic heterocycles. The minimum atomic E-state index is -0.557. The SMILES string of the molecule is N#Cc1cc([N+](=O)[O-])cnc1NCC1CCN(c2ccc(Cl)cc2)C1. The third-order valence-electron chi connectivity index (χ3n) is 4.24. The summed E-state index contributed by atoms with van der Waals surface area (Å²) < 4.78 is 0. The number of pyridine rings is 1. The van der Waals surface area contributed by atoms with Crippen molar-refractivity contribution >= 4 is 28.8 Å². The van der Waals surface area contributed by atoms with Gasteiger partial charge >= 0.3 is 0 Å². The second-order valence-corrected chi connectivity index (χ2v) is 6.35. The van der Waals surface area contributed by atoms with Crippen molar-refractivity contribution in [1.82, 2.24) is 4.98 Å². The molecule has 3 rings (SSSR count). The van der Waals surface area contributed by atoms with Crippen LogP contribution in [0.1, 0.15) is 12.0 Å². The van der Waals surface area contributed by atoms with Crippen LogP contribution in [0.4, 0.5) is 17.2 Å². The summed E-state index contributed by atoms with van der Waals surface area (Å²) in [5.74, 6) is 0.789. The van der Waals surface area contributed by atoms with Crippen molar-refractivity contribution in [3.05, 3.63) is 57.2 Å². The van der Waals surface area contributed by atoms with Crippen LogP contribution in [0.3, 0.4) is 0 Å². The van der Waals surface area contributed by atoms with Crippen molar-refractivity contribution in [2.24, 2.45) is 5.92 Å². The van der Waals surface area contributed by atoms with E-state index in [-0.39, 0.29) is 11.3 Å². The maximum Gasteiger partial charge on any atom is 0.289 e. The molecule has 1 atom stereocenters. The molecule has 1 aliphatic heterocycles. The normalized spacial score (nSPS) is 16.5. The van der Waals surface area contributed by atoms with E-state index in [0.717, 1.165) is 36.4 Å². The highest BCUT2D eigenvalue weighted by atomic mass is 35.5. The summed E-state index contributed by atoms with van der Waals surface area (Å²) in [6.45, 7) is 2.50. The van der Waals surface area contributed by atoms with Gasteiger partial charge in [-0.2, -0.15) is 5.26 Å². The van der Waals surface area contributed by atoms with Crippen LogP contribution in [0.5, 0.6) is 0 Å². The van der Waals surface area contributed by atoms with Crippen molar-refractivity contribution in [3.8, 4) is 6.07 Å². The molecule has 2 heterocycles. The van der Waals surface area contributed by atoms with Gasteiger partial charge in [-0.1, -0.05) is 11.6 Å². The minimum Gasteiger partial charge on any atom is -0.371 e. The quantitative estimate of drug-likeness (QED) is 0.650. The van der Waals surface area contributed by atoms with Gasteiger partial charge in [0.1, 0.15) is 23.6 Å². The van der Waals surface area contributed by atoms with Gasteiger partial charge in [0.2, 0.25) is 0 Å². The van der Waals surface area contributed by atoms with Gasteiger partial charge in [0, 0.05) is 36.4 Å². The van der Waals surface area contributed by atoms with E-state index in [2.05, 4.69) is 15.2 Å². The zero-order chi connectivity index (χ0) is 17.8. The lowest BCUT2D eigenvalue weighted by Gasteiger charge is -2.19. The molecule has 8 heteroatoms. The van der Waals surface area contributed by atoms with Crippen LogP contribution in [-0.2, 0) is 0 Å². The molecular formula is C17H16ClN5O2. The van der Waals surface area contributed by atoms with Crippen molar-refractivity contribution < 1.29 is 4.92 Å². The summed E-state index contributed by atoms with van der Waals surface area (Å²) in [4.78, 5) is 16.5. The number of hydrogen-bond acceptors (Lipinski definition) is 6. The molecule has 128 valence electrons. The van der Waals surface area contributed by atoms with Crippen LogP contribution >= 0.6 is 11.6 Å². The van der Waals surface area contributed by atoms with Gasteiger partial charge in [-0.05, 0) is 36.6 Å². The standard InChI is InChI=1S/C17H16ClN5O2/c18-14-1-3-15(4-2-14)22-6-5-12(11-22)9-20-17-13(8-19)7-16(10-21-17)23(24)25/h1-4,7,10,12H,5-6,9,11H2,(H,20,21). The first-order chi connectivity index (χ1) is 12.1. The highest BCUT2D eigenvalue weighted by Gasteiger charge is 2.23. The van der Waals surface area contributed by atoms with Crippen LogP contribution in [0.15, 0.2) is 36.5 Å². The summed E-state index contributed by atoms with van der Waals surface area (Å²) in [5, 5.41) is 23.8. The lowest BCUT2D eigenvalue weighted by atomic mass is 10.1. The molecule has 1 saturated heterocycles. The lowest BCUT2D eigenvalue weighted by molar-refractivity contribution is -0.385. The maximum absolute atomic E-state index is 10.8. The number of halogens is 1. The highest BCUT2D eigenvalue weighted by molar-refractivity contribution is 6.30. The summed E-state index contributed by atoms with van der Waals surface area (Å²) in [7, 11) is 0. The molecule has 0 amide bonds. The smallest absolute Gasteiger partial charge is 0.289 e. The molecule has 7 nitrogen and oxygen atoms in total. The Morgan fingerprint density at radius 3 is 2.88 bits per heavy atom. The topological polar surface area (TPSA) is 95.1 Å². The van der Waals surface area contributed by atoms with Crippen molar-refractivity contribution in [1.29, 1.82) is 5.26 Å². The number of hydrogen-bond donors (Lipinski definition) is 1. The zero-order valence-corrected chi connectivity index (χ0v) is 14.1. The molecular weight excluding hydrogens is 342 g/mol. The number of nitro groups is 1. The first kappa shape index (κ1) is 17.0. The number of anilines is 2. The fourth-order valence-corrected chi connectivity index (χ4v) is 3.03. The largest absolute Gasteiger partial charge is 0.371 e. The van der Waals surface area contributed by atoms with Gasteiger partial charge in [0.25, 0.3) is 5.69 Å². The molecule has 0 bridgehead atoms. The summed E-state index contributed by atoms with van der Waals surface area (Å²) in [6, 6.07) is 11.0. The summed E-state index contributed by atoms with van der Waals surface area (Å²) >= 11 is 5.92. The Morgan fingerprint density at radius 2 is 2.20 bits per heavy atom. The lowest BCUT2D eigenvalue weighted by Crippen LogP contribution is -2.22. The molecule has 2 aromatic rings. The monoisotopic (exact) mass is 357 g/mol. The van der Waals surface area contributed by atoms with Crippen molar-refractivity contribution in [2.45, 2.75) is 6.42 Å². The van der Waals surface area contributed by atoms with Gasteiger partial charge < -0.3 is 10.2 Å². The van der Waals surface area contributed by atoms with Crippen molar-refractivity contribution in [3.63, 3.8) is 0 Å². The fourth-order valence-electron chi connectivity index (χ4n) is 2.91. The van der Waals surface area contributed by atoms with Gasteiger partial charge in [0.05, 0.1) is 4.92 Å². The average Bonchev–Trinajstić information content (AvgIpc) is 3.09. The van der Waals surface area contributed by atoms with Gasteiger partial charge in [-0.25, -0.2) is 4.98 Å². The van der Waals surface area contributed by atoms with Gasteiger partial charge in [-0.15, -0.1) is 0 Å². The fraction of sp³-hybridized carbons (Fsp3) is 0.294. The molecule has 1 N–H and O–H groups in total. The second kappa shape index (κ2) is 7.36. The number of nitriles is 1. The molecule has 0 aliphatic carbocycles. The molecule has 1 aliphatic rings. The molecule has 25 heavy (non-hydrogen) atoms. The van der Waals surface area contributed by atoms with E-state index >= 15 is 0 Å². The Bertz CT molecular complexity index is 819. The minimum absolute atomic E-state index is 0.182. The predicted molar refractivity (Wildman–Crippen MR) is 95.9 cm³/mol. The summed E-state index contributed by atoms with van der Waals surface area (Å²) in [5.41, 5.74) is 1.14. The van der Waals surface area contributed by atoms with E-state index in [4.69, 9.17) is 16.9 Å². The Hall–Kier alpha value is -2.85. The first-order valence-corrected chi connectivity index (χ1v) is 8.23. The molecule has 1 fully saturated rings. The van der Waals surface area contributed by atoms with E-state index in [1.165, 1.54) is 6.07 Å². The molecule has 1 unspecified atom stereocenters.